The number of methoxy groups -OCH3 is 1. The van der Waals surface area contributed by atoms with E-state index < -0.39 is 18.4 Å². The van der Waals surface area contributed by atoms with E-state index in [1.165, 1.54) is 18.0 Å². The van der Waals surface area contributed by atoms with Crippen molar-refractivity contribution >= 4 is 11.9 Å². The molecule has 0 radical (unpaired) electrons. The van der Waals surface area contributed by atoms with Crippen LogP contribution in [0.2, 0.25) is 0 Å². The number of carbonyl (C=O) groups is 2. The summed E-state index contributed by atoms with van der Waals surface area (Å²) in [4.78, 5) is 23.9. The summed E-state index contributed by atoms with van der Waals surface area (Å²) in [5.74, 6) is -1.60. The molecule has 0 bridgehead atoms. The Bertz CT molecular complexity index is 433. The molecular formula is C10H17N5O4. The van der Waals surface area contributed by atoms with Crippen molar-refractivity contribution in [2.45, 2.75) is 6.54 Å². The number of carbonyl (C=O) groups excluding carboxylic acids is 1. The fraction of sp³-hybridized carbons (Fsp3) is 0.600. The first-order valence-electron chi connectivity index (χ1n) is 5.68. The van der Waals surface area contributed by atoms with Crippen molar-refractivity contribution in [3.8, 4) is 0 Å². The van der Waals surface area contributed by atoms with E-state index in [4.69, 9.17) is 15.6 Å². The molecule has 0 saturated heterocycles. The lowest BCUT2D eigenvalue weighted by Gasteiger charge is -2.18. The van der Waals surface area contributed by atoms with Crippen molar-refractivity contribution in [3.63, 3.8) is 0 Å². The molecular weight excluding hydrogens is 254 g/mol. The molecule has 3 N–H and O–H groups in total. The highest BCUT2D eigenvalue weighted by Gasteiger charge is 2.21. The number of aliphatic carboxylic acids is 1. The molecule has 19 heavy (non-hydrogen) atoms. The second-order valence-electron chi connectivity index (χ2n) is 3.77. The molecule has 9 nitrogen and oxygen atoms in total. The lowest BCUT2D eigenvalue weighted by Crippen LogP contribution is -2.38. The van der Waals surface area contributed by atoms with Crippen molar-refractivity contribution in [1.82, 2.24) is 19.9 Å². The lowest BCUT2D eigenvalue weighted by atomic mass is 10.3. The molecule has 9 heteroatoms. The van der Waals surface area contributed by atoms with E-state index in [0.717, 1.165) is 4.90 Å². The maximum atomic E-state index is 12.1. The Hall–Kier alpha value is -2.00. The number of nitrogens with two attached hydrogens (primary N) is 1. The molecule has 1 aromatic heterocycles. The van der Waals surface area contributed by atoms with Crippen LogP contribution in [0.3, 0.4) is 0 Å². The summed E-state index contributed by atoms with van der Waals surface area (Å²) >= 11 is 0. The SMILES string of the molecule is COCCN(CC(=O)O)C(=O)c1cn(CCN)nn1. The van der Waals surface area contributed by atoms with Gasteiger partial charge in [-0.05, 0) is 0 Å². The van der Waals surface area contributed by atoms with E-state index in [1.807, 2.05) is 0 Å². The van der Waals surface area contributed by atoms with Crippen LogP contribution in [0.4, 0.5) is 0 Å². The Morgan fingerprint density at radius 2 is 2.32 bits per heavy atom. The number of hydrogen-bond donors (Lipinski definition) is 2. The smallest absolute Gasteiger partial charge is 0.323 e. The maximum absolute atomic E-state index is 12.1. The summed E-state index contributed by atoms with van der Waals surface area (Å²) < 4.78 is 6.27. The molecule has 0 atom stereocenters. The lowest BCUT2D eigenvalue weighted by molar-refractivity contribution is -0.137. The first-order chi connectivity index (χ1) is 9.08. The third-order valence-corrected chi connectivity index (χ3v) is 2.29. The molecule has 106 valence electrons. The molecule has 0 spiro atoms. The maximum Gasteiger partial charge on any atom is 0.323 e. The topological polar surface area (TPSA) is 124 Å². The molecule has 0 aliphatic carbocycles. The van der Waals surface area contributed by atoms with Crippen LogP contribution in [0.15, 0.2) is 6.20 Å². The van der Waals surface area contributed by atoms with Gasteiger partial charge in [-0.2, -0.15) is 0 Å². The van der Waals surface area contributed by atoms with Crippen LogP contribution in [0.5, 0.6) is 0 Å². The van der Waals surface area contributed by atoms with Gasteiger partial charge in [-0.1, -0.05) is 5.21 Å². The van der Waals surface area contributed by atoms with Crippen LogP contribution in [-0.2, 0) is 16.1 Å². The second kappa shape index (κ2) is 7.44. The average Bonchev–Trinajstić information content (AvgIpc) is 2.82. The van der Waals surface area contributed by atoms with Gasteiger partial charge in [0.15, 0.2) is 5.69 Å². The fourth-order valence-corrected chi connectivity index (χ4v) is 1.42. The quantitative estimate of drug-likeness (QED) is 0.584. The monoisotopic (exact) mass is 271 g/mol. The highest BCUT2D eigenvalue weighted by atomic mass is 16.5. The van der Waals surface area contributed by atoms with Crippen molar-refractivity contribution in [1.29, 1.82) is 0 Å². The van der Waals surface area contributed by atoms with E-state index in [-0.39, 0.29) is 18.8 Å². The number of ether oxygens (including phenoxy) is 1. The second-order valence-corrected chi connectivity index (χ2v) is 3.77. The Morgan fingerprint density at radius 1 is 1.58 bits per heavy atom. The molecule has 1 heterocycles. The highest BCUT2D eigenvalue weighted by molar-refractivity contribution is 5.93. The van der Waals surface area contributed by atoms with Crippen molar-refractivity contribution in [2.24, 2.45) is 5.73 Å². The zero-order chi connectivity index (χ0) is 14.3. The number of nitrogens with zero attached hydrogens (tertiary/aromatic N) is 4. The summed E-state index contributed by atoms with van der Waals surface area (Å²) in [6.45, 7) is 0.823. The number of rotatable bonds is 8. The molecule has 0 aliphatic heterocycles. The Balaban J connectivity index is 2.75. The highest BCUT2D eigenvalue weighted by Crippen LogP contribution is 2.01. The van der Waals surface area contributed by atoms with E-state index in [0.29, 0.717) is 13.1 Å². The van der Waals surface area contributed by atoms with Crippen LogP contribution in [-0.4, -0.2) is 70.2 Å². The van der Waals surface area contributed by atoms with Gasteiger partial charge in [-0.15, -0.1) is 5.10 Å². The van der Waals surface area contributed by atoms with E-state index in [2.05, 4.69) is 10.3 Å². The van der Waals surface area contributed by atoms with Crippen molar-refractivity contribution in [3.05, 3.63) is 11.9 Å². The normalized spacial score (nSPS) is 10.4. The number of carboxylic acid groups (broad SMARTS) is 1. The van der Waals surface area contributed by atoms with Gasteiger partial charge in [0.05, 0.1) is 19.3 Å². The van der Waals surface area contributed by atoms with Crippen LogP contribution in [0.1, 0.15) is 10.5 Å². The van der Waals surface area contributed by atoms with Gasteiger partial charge >= 0.3 is 5.97 Å². The van der Waals surface area contributed by atoms with Gasteiger partial charge in [0, 0.05) is 20.2 Å². The summed E-state index contributed by atoms with van der Waals surface area (Å²) in [6.07, 6.45) is 1.44. The van der Waals surface area contributed by atoms with Crippen molar-refractivity contribution < 1.29 is 19.4 Å². The minimum atomic E-state index is -1.10. The Morgan fingerprint density at radius 3 is 2.89 bits per heavy atom. The Kier molecular flexibility index (Phi) is 5.90. The summed E-state index contributed by atoms with van der Waals surface area (Å²) in [5, 5.41) is 16.2. The molecule has 1 aromatic rings. The van der Waals surface area contributed by atoms with Crippen LogP contribution in [0, 0.1) is 0 Å². The molecule has 0 aliphatic rings. The molecule has 0 fully saturated rings. The molecule has 0 aromatic carbocycles. The third kappa shape index (κ3) is 4.64. The number of hydrogen-bond acceptors (Lipinski definition) is 6. The Labute approximate surface area is 109 Å². The number of carboxylic acids is 1. The first-order valence-corrected chi connectivity index (χ1v) is 5.68. The third-order valence-electron chi connectivity index (χ3n) is 2.29. The van der Waals surface area contributed by atoms with Gasteiger partial charge in [0.1, 0.15) is 6.54 Å². The van der Waals surface area contributed by atoms with Crippen molar-refractivity contribution in [2.75, 3.05) is 33.4 Å². The van der Waals surface area contributed by atoms with Crippen LogP contribution >= 0.6 is 0 Å². The minimum Gasteiger partial charge on any atom is -0.480 e. The van der Waals surface area contributed by atoms with Gasteiger partial charge in [-0.25, -0.2) is 0 Å². The van der Waals surface area contributed by atoms with Gasteiger partial charge in [-0.3, -0.25) is 14.3 Å². The fourth-order valence-electron chi connectivity index (χ4n) is 1.42. The van der Waals surface area contributed by atoms with Crippen LogP contribution in [0.25, 0.3) is 0 Å². The average molecular weight is 271 g/mol. The zero-order valence-electron chi connectivity index (χ0n) is 10.7. The van der Waals surface area contributed by atoms with E-state index in [9.17, 15) is 9.59 Å². The van der Waals surface area contributed by atoms with Gasteiger partial charge < -0.3 is 20.5 Å². The molecule has 1 amide bonds. The standard InChI is InChI=1S/C10H17N5O4/c1-19-5-4-14(7-9(16)17)10(18)8-6-15(3-2-11)13-12-8/h6H,2-5,7,11H2,1H3,(H,16,17). The molecule has 0 unspecified atom stereocenters. The number of aromatic nitrogens is 3. The predicted octanol–water partition coefficient (Wildman–Crippen LogP) is -1.59. The van der Waals surface area contributed by atoms with Gasteiger partial charge in [0.2, 0.25) is 0 Å². The summed E-state index contributed by atoms with van der Waals surface area (Å²) in [6, 6.07) is 0. The van der Waals surface area contributed by atoms with E-state index in [1.54, 1.807) is 0 Å². The van der Waals surface area contributed by atoms with Gasteiger partial charge in [0.25, 0.3) is 5.91 Å². The first kappa shape index (κ1) is 15.1. The number of amides is 1. The summed E-state index contributed by atoms with van der Waals surface area (Å²) in [5.41, 5.74) is 5.45. The molecule has 1 rings (SSSR count). The largest absolute Gasteiger partial charge is 0.480 e. The zero-order valence-corrected chi connectivity index (χ0v) is 10.7. The summed E-state index contributed by atoms with van der Waals surface area (Å²) in [7, 11) is 1.47. The molecule has 0 saturated carbocycles. The predicted molar refractivity (Wildman–Crippen MR) is 64.5 cm³/mol. The minimum absolute atomic E-state index is 0.0887. The van der Waals surface area contributed by atoms with Crippen LogP contribution < -0.4 is 5.73 Å². The van der Waals surface area contributed by atoms with E-state index >= 15 is 0 Å².